The maximum atomic E-state index is 12.9. The van der Waals surface area contributed by atoms with Crippen LogP contribution in [-0.4, -0.2) is 25.0 Å². The molecule has 6 heteroatoms. The number of esters is 1. The van der Waals surface area contributed by atoms with Crippen LogP contribution in [0.1, 0.15) is 34.8 Å². The van der Waals surface area contributed by atoms with E-state index in [4.69, 9.17) is 21.1 Å². The van der Waals surface area contributed by atoms with Gasteiger partial charge in [-0.1, -0.05) is 48.0 Å². The lowest BCUT2D eigenvalue weighted by Gasteiger charge is -2.14. The van der Waals surface area contributed by atoms with E-state index >= 15 is 0 Å². The quantitative estimate of drug-likeness (QED) is 0.254. The van der Waals surface area contributed by atoms with E-state index in [1.807, 2.05) is 55.5 Å². The zero-order valence-electron chi connectivity index (χ0n) is 17.5. The van der Waals surface area contributed by atoms with Crippen molar-refractivity contribution in [3.05, 3.63) is 88.4 Å². The van der Waals surface area contributed by atoms with E-state index in [0.29, 0.717) is 41.5 Å². The normalized spacial score (nSPS) is 10.4. The molecular weight excluding hydrogens is 414 g/mol. The molecule has 5 nitrogen and oxygen atoms in total. The molecule has 0 saturated heterocycles. The Bertz CT molecular complexity index is 1080. The van der Waals surface area contributed by atoms with Gasteiger partial charge in [0, 0.05) is 30.2 Å². The molecule has 0 aliphatic rings. The first-order valence-electron chi connectivity index (χ1n) is 9.98. The van der Waals surface area contributed by atoms with Crippen molar-refractivity contribution < 1.29 is 19.1 Å². The molecule has 0 radical (unpaired) electrons. The molecule has 1 N–H and O–H groups in total. The highest BCUT2D eigenvalue weighted by molar-refractivity contribution is 6.35. The number of rotatable bonds is 9. The number of nitrogens with one attached hydrogen (secondary N) is 1. The van der Waals surface area contributed by atoms with Gasteiger partial charge in [0.1, 0.15) is 5.75 Å². The average Bonchev–Trinajstić information content (AvgIpc) is 2.74. The summed E-state index contributed by atoms with van der Waals surface area (Å²) in [7, 11) is 0. The zero-order chi connectivity index (χ0) is 22.2. The second-order valence-corrected chi connectivity index (χ2v) is 7.41. The molecule has 0 aliphatic carbocycles. The van der Waals surface area contributed by atoms with Crippen molar-refractivity contribution in [2.24, 2.45) is 0 Å². The summed E-state index contributed by atoms with van der Waals surface area (Å²) in [5.74, 6) is 0.260. The van der Waals surface area contributed by atoms with Crippen molar-refractivity contribution in [1.29, 1.82) is 0 Å². The van der Waals surface area contributed by atoms with Crippen LogP contribution < -0.4 is 10.1 Å². The second kappa shape index (κ2) is 10.6. The highest BCUT2D eigenvalue weighted by Gasteiger charge is 2.15. The van der Waals surface area contributed by atoms with Gasteiger partial charge in [0.15, 0.2) is 5.78 Å². The summed E-state index contributed by atoms with van der Waals surface area (Å²) >= 11 is 6.44. The predicted molar refractivity (Wildman–Crippen MR) is 123 cm³/mol. The molecule has 0 spiro atoms. The standard InChI is InChI=1S/C25H24ClNO4/c1-17-8-3-4-9-20(17)25(29)21-13-12-19(16-22(21)26)27-23-10-5-6-11-24(23)31-15-7-14-30-18(2)28/h3-6,8-13,16,27H,7,14-15H2,1-2H3. The summed E-state index contributed by atoms with van der Waals surface area (Å²) in [5.41, 5.74) is 3.51. The van der Waals surface area contributed by atoms with Gasteiger partial charge in [-0.2, -0.15) is 0 Å². The van der Waals surface area contributed by atoms with Crippen LogP contribution >= 0.6 is 11.6 Å². The Morgan fingerprint density at radius 2 is 1.68 bits per heavy atom. The molecule has 0 bridgehead atoms. The van der Waals surface area contributed by atoms with Crippen LogP contribution in [0.5, 0.6) is 5.75 Å². The number of carbonyl (C=O) groups excluding carboxylic acids is 2. The molecule has 31 heavy (non-hydrogen) atoms. The van der Waals surface area contributed by atoms with Gasteiger partial charge >= 0.3 is 5.97 Å². The summed E-state index contributed by atoms with van der Waals surface area (Å²) in [6, 6.07) is 20.2. The third-order valence-corrected chi connectivity index (χ3v) is 4.93. The Morgan fingerprint density at radius 3 is 2.42 bits per heavy atom. The van der Waals surface area contributed by atoms with Crippen molar-refractivity contribution in [3.8, 4) is 5.75 Å². The number of aryl methyl sites for hydroxylation is 1. The monoisotopic (exact) mass is 437 g/mol. The number of hydrogen-bond donors (Lipinski definition) is 1. The maximum absolute atomic E-state index is 12.9. The lowest BCUT2D eigenvalue weighted by atomic mass is 9.99. The lowest BCUT2D eigenvalue weighted by Crippen LogP contribution is -2.07. The summed E-state index contributed by atoms with van der Waals surface area (Å²) in [5, 5.41) is 3.66. The lowest BCUT2D eigenvalue weighted by molar-refractivity contribution is -0.141. The first-order valence-corrected chi connectivity index (χ1v) is 10.4. The number of anilines is 2. The third kappa shape index (κ3) is 6.09. The van der Waals surface area contributed by atoms with Gasteiger partial charge in [-0.25, -0.2) is 0 Å². The van der Waals surface area contributed by atoms with Crippen LogP contribution in [0, 0.1) is 6.92 Å². The minimum absolute atomic E-state index is 0.105. The van der Waals surface area contributed by atoms with Gasteiger partial charge in [0.25, 0.3) is 0 Å². The van der Waals surface area contributed by atoms with Gasteiger partial charge in [-0.3, -0.25) is 9.59 Å². The van der Waals surface area contributed by atoms with Crippen molar-refractivity contribution >= 4 is 34.7 Å². The smallest absolute Gasteiger partial charge is 0.302 e. The molecule has 3 rings (SSSR count). The van der Waals surface area contributed by atoms with Gasteiger partial charge in [0.2, 0.25) is 0 Å². The van der Waals surface area contributed by atoms with Crippen LogP contribution in [0.4, 0.5) is 11.4 Å². The van der Waals surface area contributed by atoms with E-state index in [2.05, 4.69) is 5.32 Å². The number of carbonyl (C=O) groups is 2. The van der Waals surface area contributed by atoms with Crippen LogP contribution in [0.25, 0.3) is 0 Å². The second-order valence-electron chi connectivity index (χ2n) is 7.00. The van der Waals surface area contributed by atoms with Crippen molar-refractivity contribution in [1.82, 2.24) is 0 Å². The summed E-state index contributed by atoms with van der Waals surface area (Å²) in [6.07, 6.45) is 0.593. The average molecular weight is 438 g/mol. The zero-order valence-corrected chi connectivity index (χ0v) is 18.2. The molecule has 0 atom stereocenters. The minimum Gasteiger partial charge on any atom is -0.491 e. The molecule has 0 aromatic heterocycles. The van der Waals surface area contributed by atoms with Crippen molar-refractivity contribution in [2.75, 3.05) is 18.5 Å². The number of hydrogen-bond acceptors (Lipinski definition) is 5. The summed E-state index contributed by atoms with van der Waals surface area (Å²) in [4.78, 5) is 23.7. The Kier molecular flexibility index (Phi) is 7.68. The topological polar surface area (TPSA) is 64.6 Å². The minimum atomic E-state index is -0.303. The molecular formula is C25H24ClNO4. The maximum Gasteiger partial charge on any atom is 0.302 e. The number of para-hydroxylation sites is 2. The van der Waals surface area contributed by atoms with Gasteiger partial charge in [-0.05, 0) is 42.8 Å². The molecule has 160 valence electrons. The Hall–Kier alpha value is -3.31. The van der Waals surface area contributed by atoms with E-state index in [0.717, 1.165) is 16.9 Å². The first kappa shape index (κ1) is 22.4. The number of benzene rings is 3. The van der Waals surface area contributed by atoms with Crippen LogP contribution in [-0.2, 0) is 9.53 Å². The first-order chi connectivity index (χ1) is 15.0. The number of ketones is 1. The van der Waals surface area contributed by atoms with E-state index in [-0.39, 0.29) is 11.8 Å². The Morgan fingerprint density at radius 1 is 0.935 bits per heavy atom. The number of halogens is 1. The fourth-order valence-corrected chi connectivity index (χ4v) is 3.32. The Balaban J connectivity index is 1.70. The molecule has 0 heterocycles. The largest absolute Gasteiger partial charge is 0.491 e. The molecule has 0 aliphatic heterocycles. The van der Waals surface area contributed by atoms with Crippen LogP contribution in [0.2, 0.25) is 5.02 Å². The summed E-state index contributed by atoms with van der Waals surface area (Å²) < 4.78 is 10.7. The van der Waals surface area contributed by atoms with Gasteiger partial charge in [-0.15, -0.1) is 0 Å². The molecule has 0 saturated carbocycles. The van der Waals surface area contributed by atoms with Crippen LogP contribution in [0.15, 0.2) is 66.7 Å². The van der Waals surface area contributed by atoms with E-state index in [9.17, 15) is 9.59 Å². The third-order valence-electron chi connectivity index (χ3n) is 4.62. The van der Waals surface area contributed by atoms with E-state index in [1.165, 1.54) is 6.92 Å². The SMILES string of the molecule is CC(=O)OCCCOc1ccccc1Nc1ccc(C(=O)c2ccccc2C)c(Cl)c1. The Labute approximate surface area is 187 Å². The molecule has 0 fully saturated rings. The summed E-state index contributed by atoms with van der Waals surface area (Å²) in [6.45, 7) is 4.01. The van der Waals surface area contributed by atoms with Crippen molar-refractivity contribution in [2.45, 2.75) is 20.3 Å². The molecule has 0 unspecified atom stereocenters. The highest BCUT2D eigenvalue weighted by atomic mass is 35.5. The molecule has 0 amide bonds. The fourth-order valence-electron chi connectivity index (χ4n) is 3.06. The number of ether oxygens (including phenoxy) is 2. The van der Waals surface area contributed by atoms with E-state index < -0.39 is 0 Å². The van der Waals surface area contributed by atoms with Gasteiger partial charge in [0.05, 0.1) is 23.9 Å². The fraction of sp³-hybridized carbons (Fsp3) is 0.200. The van der Waals surface area contributed by atoms with Gasteiger partial charge < -0.3 is 14.8 Å². The molecule has 3 aromatic rings. The van der Waals surface area contributed by atoms with Crippen molar-refractivity contribution in [3.63, 3.8) is 0 Å². The molecule has 3 aromatic carbocycles. The van der Waals surface area contributed by atoms with E-state index in [1.54, 1.807) is 18.2 Å². The predicted octanol–water partition coefficient (Wildman–Crippen LogP) is 5.96. The van der Waals surface area contributed by atoms with Crippen LogP contribution in [0.3, 0.4) is 0 Å². The highest BCUT2D eigenvalue weighted by Crippen LogP contribution is 2.30.